The molecule has 0 heterocycles. The molecule has 0 bridgehead atoms. The molecule has 0 radical (unpaired) electrons. The lowest BCUT2D eigenvalue weighted by Gasteiger charge is -1.95. The van der Waals surface area contributed by atoms with Crippen LogP contribution >= 0.6 is 0 Å². The van der Waals surface area contributed by atoms with Crippen LogP contribution < -0.4 is 0 Å². The van der Waals surface area contributed by atoms with Crippen LogP contribution in [0.25, 0.3) is 0 Å². The molecule has 0 aliphatic carbocycles. The topological polar surface area (TPSA) is 29.4 Å². The Bertz CT molecular complexity index is 192. The third-order valence-electron chi connectivity index (χ3n) is 1.57. The van der Waals surface area contributed by atoms with Crippen molar-refractivity contribution >= 4 is 12.0 Å². The van der Waals surface area contributed by atoms with Crippen LogP contribution in [0.15, 0.2) is 16.8 Å². The Balaban J connectivity index is 3.90. The third-order valence-corrected chi connectivity index (χ3v) is 1.57. The van der Waals surface area contributed by atoms with Gasteiger partial charge in [-0.05, 0) is 26.7 Å². The molecule has 0 saturated heterocycles. The maximum Gasteiger partial charge on any atom is 0.147 e. The van der Waals surface area contributed by atoms with Crippen LogP contribution in [-0.4, -0.2) is 12.0 Å². The van der Waals surface area contributed by atoms with Gasteiger partial charge in [-0.15, -0.1) is 0 Å². The maximum absolute atomic E-state index is 10.2. The first kappa shape index (κ1) is 11.1. The minimum Gasteiger partial charge on any atom is -0.298 e. The molecule has 0 rings (SSSR count). The molecule has 0 fully saturated rings. The maximum atomic E-state index is 10.2. The van der Waals surface area contributed by atoms with Crippen LogP contribution in [0.3, 0.4) is 0 Å². The molecule has 0 unspecified atom stereocenters. The number of hydrogen-bond acceptors (Lipinski definition) is 2. The third kappa shape index (κ3) is 5.83. The summed E-state index contributed by atoms with van der Waals surface area (Å²) in [7, 11) is 0. The van der Waals surface area contributed by atoms with Gasteiger partial charge >= 0.3 is 0 Å². The number of aldehydes is 1. The van der Waals surface area contributed by atoms with Crippen molar-refractivity contribution in [3.8, 4) is 0 Å². The highest BCUT2D eigenvalue weighted by Gasteiger charge is 1.88. The molecular weight excluding hydrogens is 150 g/mol. The number of aliphatic imine (C=N–C) groups is 1. The number of nitrogens with zero attached hydrogens (tertiary/aromatic N) is 1. The Labute approximate surface area is 74.4 Å². The summed E-state index contributed by atoms with van der Waals surface area (Å²) in [5, 5.41) is 0. The Morgan fingerprint density at radius 1 is 1.42 bits per heavy atom. The van der Waals surface area contributed by atoms with Crippen LogP contribution in [0.5, 0.6) is 0 Å². The molecule has 0 aromatic rings. The summed E-state index contributed by atoms with van der Waals surface area (Å²) in [6.07, 6.45) is 5.82. The van der Waals surface area contributed by atoms with Crippen molar-refractivity contribution in [2.45, 2.75) is 40.0 Å². The first-order chi connectivity index (χ1) is 5.70. The van der Waals surface area contributed by atoms with Crippen molar-refractivity contribution < 1.29 is 4.79 Å². The predicted octanol–water partition coefficient (Wildman–Crippen LogP) is 2.74. The summed E-state index contributed by atoms with van der Waals surface area (Å²) in [5.41, 5.74) is 1.77. The van der Waals surface area contributed by atoms with Gasteiger partial charge in [0.15, 0.2) is 0 Å². The van der Waals surface area contributed by atoms with Crippen molar-refractivity contribution in [3.05, 3.63) is 11.8 Å². The van der Waals surface area contributed by atoms with Crippen molar-refractivity contribution in [3.63, 3.8) is 0 Å². The molecule has 0 N–H and O–H groups in total. The molecule has 2 nitrogen and oxygen atoms in total. The van der Waals surface area contributed by atoms with Gasteiger partial charge in [0.25, 0.3) is 0 Å². The summed E-state index contributed by atoms with van der Waals surface area (Å²) in [6.45, 7) is 5.90. The molecule has 0 aromatic carbocycles. The number of unbranched alkanes of at least 4 members (excludes halogenated alkanes) is 1. The smallest absolute Gasteiger partial charge is 0.147 e. The zero-order chi connectivity index (χ0) is 9.40. The Hall–Kier alpha value is -0.920. The van der Waals surface area contributed by atoms with Gasteiger partial charge in [0.05, 0.1) is 0 Å². The van der Waals surface area contributed by atoms with Crippen LogP contribution in [0.1, 0.15) is 40.0 Å². The van der Waals surface area contributed by atoms with E-state index in [0.717, 1.165) is 18.4 Å². The second-order valence-electron chi connectivity index (χ2n) is 2.96. The number of allylic oxidation sites excluding steroid dienone is 1. The summed E-state index contributed by atoms with van der Waals surface area (Å²) >= 11 is 0. The van der Waals surface area contributed by atoms with Crippen molar-refractivity contribution in [2.75, 3.05) is 0 Å². The molecule has 0 saturated carbocycles. The highest BCUT2D eigenvalue weighted by Crippen LogP contribution is 1.98. The van der Waals surface area contributed by atoms with Crippen LogP contribution in [-0.2, 0) is 4.79 Å². The molecule has 2 heteroatoms. The zero-order valence-corrected chi connectivity index (χ0v) is 8.13. The fraction of sp³-hybridized carbons (Fsp3) is 0.600. The lowest BCUT2D eigenvalue weighted by molar-refractivity contribution is -0.104. The van der Waals surface area contributed by atoms with Crippen molar-refractivity contribution in [1.82, 2.24) is 0 Å². The molecule has 0 spiro atoms. The average molecular weight is 167 g/mol. The lowest BCUT2D eigenvalue weighted by Crippen LogP contribution is -1.89. The van der Waals surface area contributed by atoms with E-state index in [4.69, 9.17) is 0 Å². The minimum absolute atomic E-state index is 0.672. The van der Waals surface area contributed by atoms with E-state index >= 15 is 0 Å². The highest BCUT2D eigenvalue weighted by atomic mass is 16.1. The standard InChI is InChI=1S/C10H17NO/c1-4-5-6-10(3)11-7-9(2)8-12/h7-8H,4-6H2,1-3H3/b9-7+,11-10+. The van der Waals surface area contributed by atoms with Gasteiger partial charge in [-0.1, -0.05) is 13.3 Å². The second kappa shape index (κ2) is 6.77. The molecule has 0 aliphatic heterocycles. The first-order valence-electron chi connectivity index (χ1n) is 4.36. The van der Waals surface area contributed by atoms with Gasteiger partial charge in [0.2, 0.25) is 0 Å². The molecule has 0 aromatic heterocycles. The van der Waals surface area contributed by atoms with E-state index in [-0.39, 0.29) is 0 Å². The van der Waals surface area contributed by atoms with E-state index in [1.54, 1.807) is 13.1 Å². The number of rotatable bonds is 5. The van der Waals surface area contributed by atoms with Gasteiger partial charge in [0, 0.05) is 17.5 Å². The summed E-state index contributed by atoms with van der Waals surface area (Å²) in [6, 6.07) is 0. The Morgan fingerprint density at radius 3 is 2.58 bits per heavy atom. The van der Waals surface area contributed by atoms with Gasteiger partial charge in [0.1, 0.15) is 6.29 Å². The summed E-state index contributed by atoms with van der Waals surface area (Å²) < 4.78 is 0. The fourth-order valence-corrected chi connectivity index (χ4v) is 0.740. The Kier molecular flexibility index (Phi) is 6.25. The largest absolute Gasteiger partial charge is 0.298 e. The molecule has 12 heavy (non-hydrogen) atoms. The molecule has 0 atom stereocenters. The van der Waals surface area contributed by atoms with Crippen molar-refractivity contribution in [1.29, 1.82) is 0 Å². The lowest BCUT2D eigenvalue weighted by atomic mass is 10.2. The molecule has 68 valence electrons. The summed E-state index contributed by atoms with van der Waals surface area (Å²) in [5.74, 6) is 0. The minimum atomic E-state index is 0.672. The van der Waals surface area contributed by atoms with Gasteiger partial charge in [-0.3, -0.25) is 9.79 Å². The number of carbonyl (C=O) groups excluding carboxylic acids is 1. The van der Waals surface area contributed by atoms with E-state index in [9.17, 15) is 4.79 Å². The van der Waals surface area contributed by atoms with E-state index in [0.29, 0.717) is 5.57 Å². The van der Waals surface area contributed by atoms with Crippen LogP contribution in [0.4, 0.5) is 0 Å². The monoisotopic (exact) mass is 167 g/mol. The normalized spacial score (nSPS) is 13.2. The average Bonchev–Trinajstić information content (AvgIpc) is 2.10. The second-order valence-corrected chi connectivity index (χ2v) is 2.96. The van der Waals surface area contributed by atoms with Gasteiger partial charge < -0.3 is 0 Å². The predicted molar refractivity (Wildman–Crippen MR) is 52.5 cm³/mol. The first-order valence-corrected chi connectivity index (χ1v) is 4.36. The molecule has 0 aliphatic rings. The number of hydrogen-bond donors (Lipinski definition) is 0. The fourth-order valence-electron chi connectivity index (χ4n) is 0.740. The van der Waals surface area contributed by atoms with Gasteiger partial charge in [-0.25, -0.2) is 0 Å². The van der Waals surface area contributed by atoms with Crippen LogP contribution in [0.2, 0.25) is 0 Å². The van der Waals surface area contributed by atoms with Crippen LogP contribution in [0, 0.1) is 0 Å². The molecular formula is C10H17NO. The quantitative estimate of drug-likeness (QED) is 0.351. The van der Waals surface area contributed by atoms with E-state index in [2.05, 4.69) is 11.9 Å². The summed E-state index contributed by atoms with van der Waals surface area (Å²) in [4.78, 5) is 14.3. The highest BCUT2D eigenvalue weighted by molar-refractivity contribution is 5.83. The van der Waals surface area contributed by atoms with E-state index in [1.165, 1.54) is 12.8 Å². The van der Waals surface area contributed by atoms with E-state index < -0.39 is 0 Å². The molecule has 0 amide bonds. The zero-order valence-electron chi connectivity index (χ0n) is 8.13. The van der Waals surface area contributed by atoms with Crippen molar-refractivity contribution in [2.24, 2.45) is 4.99 Å². The van der Waals surface area contributed by atoms with Gasteiger partial charge in [-0.2, -0.15) is 0 Å². The van der Waals surface area contributed by atoms with E-state index in [1.807, 2.05) is 6.92 Å². The number of carbonyl (C=O) groups is 1. The SMILES string of the molecule is CCCC/C(C)=N/C=C(\C)C=O. The Morgan fingerprint density at radius 2 is 2.08 bits per heavy atom.